The Morgan fingerprint density at radius 1 is 0.938 bits per heavy atom. The van der Waals surface area contributed by atoms with E-state index in [2.05, 4.69) is 15.8 Å². The first kappa shape index (κ1) is 22.9. The molecule has 0 amide bonds. The summed E-state index contributed by atoms with van der Waals surface area (Å²) in [4.78, 5) is 21.1. The van der Waals surface area contributed by atoms with Crippen molar-refractivity contribution in [1.82, 2.24) is 10.8 Å². The highest BCUT2D eigenvalue weighted by Gasteiger charge is 2.29. The second kappa shape index (κ2) is 8.79. The van der Waals surface area contributed by atoms with Gasteiger partial charge in [-0.25, -0.2) is 4.79 Å². The number of aliphatic carboxylic acids is 1. The van der Waals surface area contributed by atoms with E-state index in [0.717, 1.165) is 29.4 Å². The molecule has 0 aliphatic carbocycles. The van der Waals surface area contributed by atoms with Crippen molar-refractivity contribution in [2.45, 2.75) is 9.79 Å². The predicted octanol–water partition coefficient (Wildman–Crippen LogP) is 0.170. The second-order valence-electron chi connectivity index (χ2n) is 6.00. The third kappa shape index (κ3) is 5.70. The van der Waals surface area contributed by atoms with E-state index in [1.807, 2.05) is 0 Å². The van der Waals surface area contributed by atoms with E-state index in [-0.39, 0.29) is 33.5 Å². The molecule has 2 aromatic carbocycles. The van der Waals surface area contributed by atoms with Gasteiger partial charge < -0.3 is 14.8 Å². The second-order valence-corrected chi connectivity index (χ2v) is 8.84. The van der Waals surface area contributed by atoms with Gasteiger partial charge in [-0.3, -0.25) is 9.11 Å². The van der Waals surface area contributed by atoms with Gasteiger partial charge in [-0.05, 0) is 48.5 Å². The lowest BCUT2D eigenvalue weighted by molar-refractivity contribution is -0.129. The van der Waals surface area contributed by atoms with E-state index >= 15 is 0 Å². The molecule has 1 aliphatic rings. The van der Waals surface area contributed by atoms with Crippen molar-refractivity contribution in [1.29, 1.82) is 0 Å². The van der Waals surface area contributed by atoms with Crippen molar-refractivity contribution in [3.05, 3.63) is 48.5 Å². The van der Waals surface area contributed by atoms with Crippen LogP contribution >= 0.6 is 0 Å². The maximum atomic E-state index is 11.4. The van der Waals surface area contributed by atoms with E-state index in [1.54, 1.807) is 0 Å². The van der Waals surface area contributed by atoms with E-state index < -0.39 is 31.9 Å². The molecular weight excluding hydrogens is 472 g/mol. The van der Waals surface area contributed by atoms with Crippen LogP contribution in [0.15, 0.2) is 68.5 Å². The largest absolute Gasteiger partial charge is 0.476 e. The highest BCUT2D eigenvalue weighted by atomic mass is 32.2. The fourth-order valence-corrected chi connectivity index (χ4v) is 3.28. The molecule has 14 nitrogen and oxygen atoms in total. The SMILES string of the molecule is O=C(O)C1=NN(Oc2ccc(S(=O)(=O)O)cc2)C/C1=N/NOc1ccc(S(=O)(=O)O)cc1. The average molecular weight is 486 g/mol. The lowest BCUT2D eigenvalue weighted by atomic mass is 10.2. The quantitative estimate of drug-likeness (QED) is 0.291. The summed E-state index contributed by atoms with van der Waals surface area (Å²) in [6.45, 7) is -0.222. The molecule has 0 bridgehead atoms. The first-order chi connectivity index (χ1) is 14.9. The molecule has 0 fully saturated rings. The molecule has 32 heavy (non-hydrogen) atoms. The number of hydrogen-bond acceptors (Lipinski definition) is 11. The van der Waals surface area contributed by atoms with E-state index in [9.17, 15) is 26.7 Å². The number of nitrogens with zero attached hydrogens (tertiary/aromatic N) is 3. The maximum absolute atomic E-state index is 11.4. The molecule has 3 rings (SSSR count). The minimum atomic E-state index is -4.38. The molecular formula is C16H14N4O10S2. The van der Waals surface area contributed by atoms with Gasteiger partial charge in [-0.2, -0.15) is 16.8 Å². The number of carboxylic acid groups (broad SMARTS) is 1. The summed E-state index contributed by atoms with van der Waals surface area (Å²) in [5.41, 5.74) is 1.61. The smallest absolute Gasteiger partial charge is 0.358 e. The molecule has 1 heterocycles. The van der Waals surface area contributed by atoms with Gasteiger partial charge in [0.2, 0.25) is 0 Å². The van der Waals surface area contributed by atoms with Gasteiger partial charge in [-0.1, -0.05) is 0 Å². The van der Waals surface area contributed by atoms with Crippen molar-refractivity contribution in [3.8, 4) is 11.5 Å². The Kier molecular flexibility index (Phi) is 6.30. The summed E-state index contributed by atoms with van der Waals surface area (Å²) in [7, 11) is -8.73. The Balaban J connectivity index is 1.65. The minimum Gasteiger partial charge on any atom is -0.476 e. The van der Waals surface area contributed by atoms with Crippen LogP contribution in [-0.4, -0.2) is 60.2 Å². The fourth-order valence-electron chi connectivity index (χ4n) is 2.32. The van der Waals surface area contributed by atoms with Crippen LogP contribution in [0.25, 0.3) is 0 Å². The van der Waals surface area contributed by atoms with Crippen LogP contribution in [0, 0.1) is 0 Å². The van der Waals surface area contributed by atoms with Gasteiger partial charge in [0, 0.05) is 0 Å². The summed E-state index contributed by atoms with van der Waals surface area (Å²) in [6.07, 6.45) is 0. The Morgan fingerprint density at radius 2 is 1.44 bits per heavy atom. The Labute approximate surface area is 180 Å². The van der Waals surface area contributed by atoms with Crippen LogP contribution in [0.2, 0.25) is 0 Å². The van der Waals surface area contributed by atoms with Gasteiger partial charge in [0.25, 0.3) is 20.2 Å². The molecule has 0 spiro atoms. The normalized spacial score (nSPS) is 15.4. The van der Waals surface area contributed by atoms with Crippen LogP contribution in [0.4, 0.5) is 0 Å². The topological polar surface area (TPSA) is 204 Å². The number of benzene rings is 2. The number of rotatable bonds is 8. The minimum absolute atomic E-state index is 0.0818. The summed E-state index contributed by atoms with van der Waals surface area (Å²) >= 11 is 0. The highest BCUT2D eigenvalue weighted by Crippen LogP contribution is 2.19. The third-order valence-corrected chi connectivity index (χ3v) is 5.51. The van der Waals surface area contributed by atoms with E-state index in [4.69, 9.17) is 18.8 Å². The van der Waals surface area contributed by atoms with Crippen LogP contribution < -0.4 is 15.3 Å². The molecule has 0 aromatic heterocycles. The maximum Gasteiger partial charge on any atom is 0.358 e. The van der Waals surface area contributed by atoms with Gasteiger partial charge in [-0.15, -0.1) is 21.0 Å². The van der Waals surface area contributed by atoms with Gasteiger partial charge >= 0.3 is 5.97 Å². The lowest BCUT2D eigenvalue weighted by Gasteiger charge is -2.13. The standard InChI is InChI=1S/C16H14N4O10S2/c21-16(22)15-14(17-19-29-10-1-5-12(6-2-10)31(23,24)25)9-20(18-15)30-11-3-7-13(8-4-11)32(26,27)28/h1-8,19H,9H2,(H,21,22)(H,23,24,25)(H,26,27,28)/b17-14-. The van der Waals surface area contributed by atoms with Crippen molar-refractivity contribution in [2.24, 2.45) is 10.2 Å². The molecule has 4 N–H and O–H groups in total. The van der Waals surface area contributed by atoms with Crippen molar-refractivity contribution < 1.29 is 45.5 Å². The summed E-state index contributed by atoms with van der Waals surface area (Å²) in [5.74, 6) is -1.19. The third-order valence-electron chi connectivity index (χ3n) is 3.77. The molecule has 0 saturated carbocycles. The summed E-state index contributed by atoms with van der Waals surface area (Å²) in [5, 5.41) is 17.7. The lowest BCUT2D eigenvalue weighted by Crippen LogP contribution is -2.28. The first-order valence-corrected chi connectivity index (χ1v) is 11.2. The zero-order valence-electron chi connectivity index (χ0n) is 15.7. The molecule has 0 radical (unpaired) electrons. The van der Waals surface area contributed by atoms with E-state index in [1.165, 1.54) is 24.3 Å². The van der Waals surface area contributed by atoms with Crippen LogP contribution in [-0.2, 0) is 25.0 Å². The molecule has 16 heteroatoms. The van der Waals surface area contributed by atoms with Crippen LogP contribution in [0.3, 0.4) is 0 Å². The van der Waals surface area contributed by atoms with Crippen molar-refractivity contribution >= 4 is 37.6 Å². The van der Waals surface area contributed by atoms with Gasteiger partial charge in [0.15, 0.2) is 17.2 Å². The Hall–Kier alpha value is -3.73. The monoisotopic (exact) mass is 486 g/mol. The fraction of sp³-hybridized carbons (Fsp3) is 0.0625. The number of hydrogen-bond donors (Lipinski definition) is 4. The molecule has 0 saturated heterocycles. The number of carboxylic acids is 1. The highest BCUT2D eigenvalue weighted by molar-refractivity contribution is 7.86. The Bertz CT molecular complexity index is 1290. The molecule has 0 atom stereocenters. The number of hydroxylamine groups is 1. The average Bonchev–Trinajstić information content (AvgIpc) is 3.10. The number of nitrogens with one attached hydrogen (secondary N) is 1. The summed E-state index contributed by atoms with van der Waals surface area (Å²) in [6, 6.07) is 9.24. The predicted molar refractivity (Wildman–Crippen MR) is 106 cm³/mol. The van der Waals surface area contributed by atoms with E-state index in [0.29, 0.717) is 0 Å². The van der Waals surface area contributed by atoms with Crippen molar-refractivity contribution in [3.63, 3.8) is 0 Å². The molecule has 0 unspecified atom stereocenters. The number of carbonyl (C=O) groups is 1. The van der Waals surface area contributed by atoms with Crippen molar-refractivity contribution in [2.75, 3.05) is 6.54 Å². The number of hydrazone groups is 2. The zero-order valence-corrected chi connectivity index (χ0v) is 17.3. The van der Waals surface area contributed by atoms with Gasteiger partial charge in [0.05, 0.1) is 9.79 Å². The van der Waals surface area contributed by atoms with Crippen LogP contribution in [0.1, 0.15) is 0 Å². The first-order valence-electron chi connectivity index (χ1n) is 8.35. The Morgan fingerprint density at radius 3 is 1.91 bits per heavy atom. The molecule has 2 aromatic rings. The van der Waals surface area contributed by atoms with Crippen LogP contribution in [0.5, 0.6) is 11.5 Å². The zero-order chi connectivity index (χ0) is 23.5. The molecule has 1 aliphatic heterocycles. The summed E-state index contributed by atoms with van der Waals surface area (Å²) < 4.78 is 62.0. The van der Waals surface area contributed by atoms with Gasteiger partial charge in [0.1, 0.15) is 12.3 Å². The molecule has 170 valence electrons.